The van der Waals surface area contributed by atoms with E-state index in [1.165, 1.54) is 12.1 Å². The lowest BCUT2D eigenvalue weighted by Crippen LogP contribution is -2.29. The maximum atomic E-state index is 11.9. The summed E-state index contributed by atoms with van der Waals surface area (Å²) < 4.78 is 26.4. The van der Waals surface area contributed by atoms with E-state index in [1.807, 2.05) is 0 Å². The monoisotopic (exact) mass is 240 g/mol. The molecule has 1 aromatic carbocycles. The molecule has 0 amide bonds. The van der Waals surface area contributed by atoms with E-state index in [0.717, 1.165) is 12.8 Å². The SMILES string of the molecule is CC1(CNS(=O)(=O)c2ccc(N)cc2)CC1. The molecule has 16 heavy (non-hydrogen) atoms. The Hall–Kier alpha value is -1.07. The lowest BCUT2D eigenvalue weighted by Gasteiger charge is -2.10. The molecule has 5 heteroatoms. The van der Waals surface area contributed by atoms with Crippen molar-refractivity contribution in [3.63, 3.8) is 0 Å². The van der Waals surface area contributed by atoms with Gasteiger partial charge in [0.15, 0.2) is 0 Å². The summed E-state index contributed by atoms with van der Waals surface area (Å²) in [6, 6.07) is 6.22. The van der Waals surface area contributed by atoms with Gasteiger partial charge in [-0.2, -0.15) is 0 Å². The fraction of sp³-hybridized carbons (Fsp3) is 0.455. The van der Waals surface area contributed by atoms with Gasteiger partial charge in [0.05, 0.1) is 4.90 Å². The first-order valence-corrected chi connectivity index (χ1v) is 6.75. The van der Waals surface area contributed by atoms with Crippen LogP contribution in [0.15, 0.2) is 29.2 Å². The Morgan fingerprint density at radius 3 is 2.38 bits per heavy atom. The van der Waals surface area contributed by atoms with Crippen molar-refractivity contribution in [3.8, 4) is 0 Å². The van der Waals surface area contributed by atoms with E-state index < -0.39 is 10.0 Å². The van der Waals surface area contributed by atoms with E-state index in [4.69, 9.17) is 5.73 Å². The highest BCUT2D eigenvalue weighted by Crippen LogP contribution is 2.44. The fourth-order valence-corrected chi connectivity index (χ4v) is 2.59. The fourth-order valence-electron chi connectivity index (χ4n) is 1.39. The van der Waals surface area contributed by atoms with Crippen LogP contribution in [0.4, 0.5) is 5.69 Å². The molecule has 1 aliphatic carbocycles. The third-order valence-electron chi connectivity index (χ3n) is 2.98. The first-order chi connectivity index (χ1) is 7.41. The average molecular weight is 240 g/mol. The Kier molecular flexibility index (Phi) is 2.67. The maximum absolute atomic E-state index is 11.9. The predicted octanol–water partition coefficient (Wildman–Crippen LogP) is 1.35. The lowest BCUT2D eigenvalue weighted by molar-refractivity contribution is 0.530. The van der Waals surface area contributed by atoms with Gasteiger partial charge in [-0.25, -0.2) is 13.1 Å². The highest BCUT2D eigenvalue weighted by Gasteiger charge is 2.38. The summed E-state index contributed by atoms with van der Waals surface area (Å²) in [5.74, 6) is 0. The first kappa shape index (κ1) is 11.4. The van der Waals surface area contributed by atoms with Gasteiger partial charge in [0.25, 0.3) is 0 Å². The second-order valence-electron chi connectivity index (χ2n) is 4.70. The Bertz CT molecular complexity index is 475. The summed E-state index contributed by atoms with van der Waals surface area (Å²) in [4.78, 5) is 0.269. The molecule has 1 aliphatic rings. The van der Waals surface area contributed by atoms with Crippen molar-refractivity contribution in [2.24, 2.45) is 5.41 Å². The number of rotatable bonds is 4. The Balaban J connectivity index is 2.09. The van der Waals surface area contributed by atoms with Crippen LogP contribution >= 0.6 is 0 Å². The molecular weight excluding hydrogens is 224 g/mol. The minimum Gasteiger partial charge on any atom is -0.399 e. The Morgan fingerprint density at radius 1 is 1.31 bits per heavy atom. The highest BCUT2D eigenvalue weighted by molar-refractivity contribution is 7.89. The standard InChI is InChI=1S/C11H16N2O2S/c1-11(6-7-11)8-13-16(14,15)10-4-2-9(12)3-5-10/h2-5,13H,6-8,12H2,1H3. The third kappa shape index (κ3) is 2.54. The second kappa shape index (κ2) is 3.75. The molecule has 0 radical (unpaired) electrons. The number of nitrogens with two attached hydrogens (primary N) is 1. The Morgan fingerprint density at radius 2 is 1.88 bits per heavy atom. The molecule has 1 aromatic rings. The number of anilines is 1. The number of hydrogen-bond acceptors (Lipinski definition) is 3. The summed E-state index contributed by atoms with van der Waals surface area (Å²) in [7, 11) is -3.38. The predicted molar refractivity (Wildman–Crippen MR) is 63.4 cm³/mol. The lowest BCUT2D eigenvalue weighted by atomic mass is 10.2. The summed E-state index contributed by atoms with van der Waals surface area (Å²) in [6.45, 7) is 2.60. The van der Waals surface area contributed by atoms with Crippen molar-refractivity contribution in [1.82, 2.24) is 4.72 Å². The van der Waals surface area contributed by atoms with Gasteiger partial charge in [-0.05, 0) is 42.5 Å². The molecular formula is C11H16N2O2S. The molecule has 0 atom stereocenters. The number of nitrogen functional groups attached to an aromatic ring is 1. The van der Waals surface area contributed by atoms with Gasteiger partial charge >= 0.3 is 0 Å². The zero-order chi connectivity index (χ0) is 11.8. The van der Waals surface area contributed by atoms with Crippen LogP contribution in [0.25, 0.3) is 0 Å². The van der Waals surface area contributed by atoms with Crippen LogP contribution < -0.4 is 10.5 Å². The van der Waals surface area contributed by atoms with Crippen LogP contribution in [-0.2, 0) is 10.0 Å². The first-order valence-electron chi connectivity index (χ1n) is 5.27. The molecule has 0 unspecified atom stereocenters. The smallest absolute Gasteiger partial charge is 0.240 e. The van der Waals surface area contributed by atoms with E-state index in [2.05, 4.69) is 11.6 Å². The third-order valence-corrected chi connectivity index (χ3v) is 4.40. The van der Waals surface area contributed by atoms with Crippen LogP contribution in [0.2, 0.25) is 0 Å². The number of benzene rings is 1. The van der Waals surface area contributed by atoms with Crippen LogP contribution in [0, 0.1) is 5.41 Å². The van der Waals surface area contributed by atoms with Crippen molar-refractivity contribution < 1.29 is 8.42 Å². The molecule has 4 nitrogen and oxygen atoms in total. The molecule has 0 bridgehead atoms. The van der Waals surface area contributed by atoms with E-state index >= 15 is 0 Å². The van der Waals surface area contributed by atoms with Crippen molar-refractivity contribution in [2.75, 3.05) is 12.3 Å². The van der Waals surface area contributed by atoms with Gasteiger partial charge in [0.2, 0.25) is 10.0 Å². The molecule has 0 saturated heterocycles. The van der Waals surface area contributed by atoms with Crippen molar-refractivity contribution in [1.29, 1.82) is 0 Å². The number of sulfonamides is 1. The quantitative estimate of drug-likeness (QED) is 0.780. The highest BCUT2D eigenvalue weighted by atomic mass is 32.2. The summed E-state index contributed by atoms with van der Waals surface area (Å²) in [6.07, 6.45) is 2.19. The van der Waals surface area contributed by atoms with Crippen LogP contribution in [0.1, 0.15) is 19.8 Å². The van der Waals surface area contributed by atoms with E-state index in [9.17, 15) is 8.42 Å². The summed E-state index contributed by atoms with van der Waals surface area (Å²) in [5.41, 5.74) is 6.24. The molecule has 0 aliphatic heterocycles. The van der Waals surface area contributed by atoms with Crippen molar-refractivity contribution in [3.05, 3.63) is 24.3 Å². The number of hydrogen-bond donors (Lipinski definition) is 2. The van der Waals surface area contributed by atoms with Crippen molar-refractivity contribution >= 4 is 15.7 Å². The van der Waals surface area contributed by atoms with Crippen LogP contribution in [0.5, 0.6) is 0 Å². The van der Waals surface area contributed by atoms with E-state index in [-0.39, 0.29) is 10.3 Å². The molecule has 1 fully saturated rings. The van der Waals surface area contributed by atoms with Gasteiger partial charge in [0, 0.05) is 12.2 Å². The topological polar surface area (TPSA) is 72.2 Å². The number of nitrogens with one attached hydrogen (secondary N) is 1. The van der Waals surface area contributed by atoms with E-state index in [0.29, 0.717) is 12.2 Å². The zero-order valence-corrected chi connectivity index (χ0v) is 10.0. The molecule has 2 rings (SSSR count). The van der Waals surface area contributed by atoms with Crippen LogP contribution in [-0.4, -0.2) is 15.0 Å². The maximum Gasteiger partial charge on any atom is 0.240 e. The summed E-state index contributed by atoms with van der Waals surface area (Å²) >= 11 is 0. The van der Waals surface area contributed by atoms with Crippen molar-refractivity contribution in [2.45, 2.75) is 24.7 Å². The average Bonchev–Trinajstić information content (AvgIpc) is 2.96. The van der Waals surface area contributed by atoms with Gasteiger partial charge in [-0.15, -0.1) is 0 Å². The van der Waals surface area contributed by atoms with Crippen LogP contribution in [0.3, 0.4) is 0 Å². The molecule has 3 N–H and O–H groups in total. The van der Waals surface area contributed by atoms with Gasteiger partial charge in [0.1, 0.15) is 0 Å². The Labute approximate surface area is 95.9 Å². The largest absolute Gasteiger partial charge is 0.399 e. The molecule has 0 spiro atoms. The molecule has 88 valence electrons. The molecule has 0 aromatic heterocycles. The zero-order valence-electron chi connectivity index (χ0n) is 9.23. The minimum atomic E-state index is -3.38. The summed E-state index contributed by atoms with van der Waals surface area (Å²) in [5, 5.41) is 0. The normalized spacial score (nSPS) is 18.3. The van der Waals surface area contributed by atoms with Gasteiger partial charge < -0.3 is 5.73 Å². The molecule has 0 heterocycles. The van der Waals surface area contributed by atoms with E-state index in [1.54, 1.807) is 12.1 Å². The van der Waals surface area contributed by atoms with Gasteiger partial charge in [-0.3, -0.25) is 0 Å². The second-order valence-corrected chi connectivity index (χ2v) is 6.47. The molecule has 1 saturated carbocycles. The minimum absolute atomic E-state index is 0.168. The van der Waals surface area contributed by atoms with Gasteiger partial charge in [-0.1, -0.05) is 6.92 Å².